The zero-order chi connectivity index (χ0) is 19.6. The summed E-state index contributed by atoms with van der Waals surface area (Å²) in [6, 6.07) is 12.8. The summed E-state index contributed by atoms with van der Waals surface area (Å²) in [5, 5.41) is 11.9. The van der Waals surface area contributed by atoms with Crippen LogP contribution in [0.5, 0.6) is 0 Å². The molecule has 0 radical (unpaired) electrons. The monoisotopic (exact) mass is 370 g/mol. The van der Waals surface area contributed by atoms with Crippen LogP contribution in [-0.4, -0.2) is 58.7 Å². The fraction of sp³-hybridized carbons (Fsp3) is 0.429. The van der Waals surface area contributed by atoms with Gasteiger partial charge in [-0.25, -0.2) is 4.79 Å². The van der Waals surface area contributed by atoms with Gasteiger partial charge in [0.1, 0.15) is 11.6 Å². The summed E-state index contributed by atoms with van der Waals surface area (Å²) in [4.78, 5) is 27.9. The van der Waals surface area contributed by atoms with Crippen molar-refractivity contribution in [2.45, 2.75) is 32.4 Å². The van der Waals surface area contributed by atoms with Gasteiger partial charge in [-0.15, -0.1) is 0 Å². The highest BCUT2D eigenvalue weighted by Crippen LogP contribution is 2.29. The summed E-state index contributed by atoms with van der Waals surface area (Å²) in [5.41, 5.74) is 0.243. The summed E-state index contributed by atoms with van der Waals surface area (Å²) in [6.07, 6.45) is -0.348. The molecule has 3 rings (SSSR count). The summed E-state index contributed by atoms with van der Waals surface area (Å²) >= 11 is 0. The molecule has 1 saturated heterocycles. The van der Waals surface area contributed by atoms with Crippen LogP contribution in [0.15, 0.2) is 42.5 Å². The number of nitrogens with zero attached hydrogens (tertiary/aromatic N) is 2. The number of piperazine rings is 1. The van der Waals surface area contributed by atoms with E-state index < -0.39 is 17.6 Å². The first kappa shape index (κ1) is 19.2. The maximum atomic E-state index is 12.2. The number of benzene rings is 2. The average molecular weight is 370 g/mol. The van der Waals surface area contributed by atoms with E-state index in [1.807, 2.05) is 68.1 Å². The number of carbonyl (C=O) groups is 2. The zero-order valence-electron chi connectivity index (χ0n) is 16.0. The van der Waals surface area contributed by atoms with Crippen molar-refractivity contribution in [2.24, 2.45) is 0 Å². The Morgan fingerprint density at radius 2 is 1.63 bits per heavy atom. The molecule has 6 heteroatoms. The van der Waals surface area contributed by atoms with Crippen LogP contribution in [-0.2, 0) is 9.53 Å². The van der Waals surface area contributed by atoms with E-state index in [9.17, 15) is 14.7 Å². The van der Waals surface area contributed by atoms with Gasteiger partial charge < -0.3 is 14.7 Å². The number of carboxylic acids is 1. The maximum absolute atomic E-state index is 12.2. The molecule has 1 aliphatic heterocycles. The molecule has 0 bridgehead atoms. The number of hydrogen-bond acceptors (Lipinski definition) is 4. The molecule has 27 heavy (non-hydrogen) atoms. The molecule has 2 aromatic carbocycles. The molecule has 0 aromatic heterocycles. The van der Waals surface area contributed by atoms with Crippen LogP contribution in [0.3, 0.4) is 0 Å². The van der Waals surface area contributed by atoms with E-state index in [1.165, 1.54) is 0 Å². The van der Waals surface area contributed by atoms with Crippen molar-refractivity contribution in [1.29, 1.82) is 0 Å². The number of fused-ring (bicyclic) bond motifs is 1. The third kappa shape index (κ3) is 4.39. The number of carbonyl (C=O) groups excluding carboxylic acids is 1. The van der Waals surface area contributed by atoms with Crippen molar-refractivity contribution in [2.75, 3.05) is 26.2 Å². The smallest absolute Gasteiger partial charge is 0.410 e. The molecule has 1 atom stereocenters. The van der Waals surface area contributed by atoms with E-state index in [0.29, 0.717) is 26.2 Å². The lowest BCUT2D eigenvalue weighted by atomic mass is 9.97. The van der Waals surface area contributed by atoms with E-state index in [1.54, 1.807) is 4.90 Å². The first-order valence-corrected chi connectivity index (χ1v) is 9.19. The Morgan fingerprint density at radius 1 is 1.00 bits per heavy atom. The summed E-state index contributed by atoms with van der Waals surface area (Å²) in [5.74, 6) is -0.878. The highest BCUT2D eigenvalue weighted by molar-refractivity contribution is 5.90. The fourth-order valence-corrected chi connectivity index (χ4v) is 3.46. The van der Waals surface area contributed by atoms with Crippen LogP contribution in [0, 0.1) is 0 Å². The second-order valence-electron chi connectivity index (χ2n) is 7.81. The first-order valence-electron chi connectivity index (χ1n) is 9.19. The van der Waals surface area contributed by atoms with Crippen molar-refractivity contribution < 1.29 is 19.4 Å². The Morgan fingerprint density at radius 3 is 2.26 bits per heavy atom. The summed E-state index contributed by atoms with van der Waals surface area (Å²) in [6.45, 7) is 7.37. The topological polar surface area (TPSA) is 70.1 Å². The Balaban J connectivity index is 1.78. The predicted molar refractivity (Wildman–Crippen MR) is 104 cm³/mol. The van der Waals surface area contributed by atoms with E-state index in [4.69, 9.17) is 4.74 Å². The van der Waals surface area contributed by atoms with Gasteiger partial charge in [-0.3, -0.25) is 9.69 Å². The predicted octanol–water partition coefficient (Wildman–Crippen LogP) is 3.52. The summed E-state index contributed by atoms with van der Waals surface area (Å²) in [7, 11) is 0. The SMILES string of the molecule is CC(C)(C)OC(=O)N1CCN(C(C(=O)O)c2cccc3ccccc23)CC1. The lowest BCUT2D eigenvalue weighted by Crippen LogP contribution is -2.52. The second-order valence-corrected chi connectivity index (χ2v) is 7.81. The molecule has 1 N–H and O–H groups in total. The molecule has 6 nitrogen and oxygen atoms in total. The number of rotatable bonds is 3. The van der Waals surface area contributed by atoms with E-state index >= 15 is 0 Å². The molecule has 2 aromatic rings. The van der Waals surface area contributed by atoms with Gasteiger partial charge in [0.05, 0.1) is 0 Å². The van der Waals surface area contributed by atoms with Crippen molar-refractivity contribution in [3.8, 4) is 0 Å². The zero-order valence-corrected chi connectivity index (χ0v) is 16.0. The van der Waals surface area contributed by atoms with Crippen LogP contribution >= 0.6 is 0 Å². The van der Waals surface area contributed by atoms with Crippen LogP contribution in [0.2, 0.25) is 0 Å². The Bertz CT molecular complexity index is 830. The van der Waals surface area contributed by atoms with Crippen molar-refractivity contribution in [3.05, 3.63) is 48.0 Å². The Kier molecular flexibility index (Phi) is 5.37. The fourth-order valence-electron chi connectivity index (χ4n) is 3.46. The third-order valence-corrected chi connectivity index (χ3v) is 4.68. The number of carboxylic acid groups (broad SMARTS) is 1. The molecule has 0 spiro atoms. The largest absolute Gasteiger partial charge is 0.480 e. The minimum Gasteiger partial charge on any atom is -0.480 e. The Labute approximate surface area is 159 Å². The lowest BCUT2D eigenvalue weighted by molar-refractivity contribution is -0.144. The highest BCUT2D eigenvalue weighted by atomic mass is 16.6. The molecular formula is C21H26N2O4. The van der Waals surface area contributed by atoms with Gasteiger partial charge >= 0.3 is 12.1 Å². The molecule has 1 heterocycles. The first-order chi connectivity index (χ1) is 12.8. The van der Waals surface area contributed by atoms with Crippen LogP contribution in [0.1, 0.15) is 32.4 Å². The van der Waals surface area contributed by atoms with Crippen molar-refractivity contribution in [3.63, 3.8) is 0 Å². The maximum Gasteiger partial charge on any atom is 0.410 e. The quantitative estimate of drug-likeness (QED) is 0.895. The normalized spacial score (nSPS) is 16.9. The number of ether oxygens (including phenoxy) is 1. The highest BCUT2D eigenvalue weighted by Gasteiger charge is 2.33. The number of aliphatic carboxylic acids is 1. The van der Waals surface area contributed by atoms with E-state index in [-0.39, 0.29) is 6.09 Å². The molecule has 1 unspecified atom stereocenters. The van der Waals surface area contributed by atoms with Crippen LogP contribution < -0.4 is 0 Å². The minimum absolute atomic E-state index is 0.348. The molecule has 1 amide bonds. The van der Waals surface area contributed by atoms with Gasteiger partial charge in [0.15, 0.2) is 0 Å². The Hall–Kier alpha value is -2.60. The second kappa shape index (κ2) is 7.56. The molecule has 1 aliphatic rings. The third-order valence-electron chi connectivity index (χ3n) is 4.68. The van der Waals surface area contributed by atoms with Gasteiger partial charge in [-0.1, -0.05) is 42.5 Å². The molecule has 144 valence electrons. The van der Waals surface area contributed by atoms with E-state index in [0.717, 1.165) is 16.3 Å². The summed E-state index contributed by atoms with van der Waals surface area (Å²) < 4.78 is 5.41. The van der Waals surface area contributed by atoms with Crippen molar-refractivity contribution >= 4 is 22.8 Å². The molecule has 0 aliphatic carbocycles. The number of amides is 1. The van der Waals surface area contributed by atoms with Gasteiger partial charge in [-0.2, -0.15) is 0 Å². The van der Waals surface area contributed by atoms with Crippen LogP contribution in [0.4, 0.5) is 4.79 Å². The van der Waals surface area contributed by atoms with E-state index in [2.05, 4.69) is 0 Å². The number of hydrogen-bond donors (Lipinski definition) is 1. The standard InChI is InChI=1S/C21H26N2O4/c1-21(2,3)27-20(26)23-13-11-22(12-14-23)18(19(24)25)17-10-6-8-15-7-4-5-9-16(15)17/h4-10,18H,11-14H2,1-3H3,(H,24,25). The minimum atomic E-state index is -0.878. The average Bonchev–Trinajstić information content (AvgIpc) is 2.61. The van der Waals surface area contributed by atoms with Crippen LogP contribution in [0.25, 0.3) is 10.8 Å². The van der Waals surface area contributed by atoms with Gasteiger partial charge in [0, 0.05) is 26.2 Å². The molecular weight excluding hydrogens is 344 g/mol. The lowest BCUT2D eigenvalue weighted by Gasteiger charge is -2.38. The molecule has 1 fully saturated rings. The van der Waals surface area contributed by atoms with Gasteiger partial charge in [0.25, 0.3) is 0 Å². The molecule has 0 saturated carbocycles. The van der Waals surface area contributed by atoms with Crippen molar-refractivity contribution in [1.82, 2.24) is 9.80 Å². The van der Waals surface area contributed by atoms with Gasteiger partial charge in [0.2, 0.25) is 0 Å². The van der Waals surface area contributed by atoms with Gasteiger partial charge in [-0.05, 0) is 37.1 Å².